The molecular weight excluding hydrogens is 348 g/mol. The maximum atomic E-state index is 12.6. The number of carbonyl (C=O) groups is 3. The van der Waals surface area contributed by atoms with Crippen LogP contribution in [0.3, 0.4) is 0 Å². The van der Waals surface area contributed by atoms with E-state index in [-0.39, 0.29) is 16.4 Å². The maximum Gasteiger partial charge on any atom is 0.341 e. The molecule has 2 aromatic rings. The number of H-pyrrole nitrogens is 1. The van der Waals surface area contributed by atoms with Crippen molar-refractivity contribution < 1.29 is 23.9 Å². The number of ketones is 1. The normalized spacial score (nSPS) is 11.7. The Morgan fingerprint density at radius 1 is 1.24 bits per heavy atom. The molecule has 0 radical (unpaired) electrons. The van der Waals surface area contributed by atoms with Crippen LogP contribution in [0.1, 0.15) is 49.4 Å². The summed E-state index contributed by atoms with van der Waals surface area (Å²) < 4.78 is 9.89. The monoisotopic (exact) mass is 364 g/mol. The number of pyridine rings is 1. The largest absolute Gasteiger partial charge is 0.465 e. The highest BCUT2D eigenvalue weighted by atomic mass is 35.5. The molecule has 0 aliphatic carbocycles. The highest BCUT2D eigenvalue weighted by Gasteiger charge is 2.28. The van der Waals surface area contributed by atoms with Gasteiger partial charge in [0.2, 0.25) is 5.78 Å². The van der Waals surface area contributed by atoms with Crippen LogP contribution >= 0.6 is 11.6 Å². The van der Waals surface area contributed by atoms with Crippen LogP contribution in [-0.4, -0.2) is 40.9 Å². The van der Waals surface area contributed by atoms with E-state index in [4.69, 9.17) is 21.1 Å². The third-order valence-corrected chi connectivity index (χ3v) is 4.01. The first-order valence-electron chi connectivity index (χ1n) is 7.41. The summed E-state index contributed by atoms with van der Waals surface area (Å²) in [5.41, 5.74) is 1.49. The molecule has 0 saturated carbocycles. The molecule has 2 rings (SSSR count). The molecule has 2 aromatic heterocycles. The average Bonchev–Trinajstić information content (AvgIpc) is 2.88. The molecule has 7 nitrogen and oxygen atoms in total. The van der Waals surface area contributed by atoms with Crippen molar-refractivity contribution in [1.29, 1.82) is 0 Å². The molecule has 132 valence electrons. The molecule has 2 heterocycles. The number of rotatable bonds is 5. The van der Waals surface area contributed by atoms with Gasteiger partial charge in [-0.2, -0.15) is 0 Å². The zero-order chi connectivity index (χ0) is 18.7. The van der Waals surface area contributed by atoms with Gasteiger partial charge in [0, 0.05) is 11.9 Å². The van der Waals surface area contributed by atoms with Gasteiger partial charge in [0.15, 0.2) is 6.10 Å². The first-order chi connectivity index (χ1) is 11.8. The lowest BCUT2D eigenvalue weighted by Crippen LogP contribution is -2.25. The maximum absolute atomic E-state index is 12.6. The molecule has 0 bridgehead atoms. The lowest BCUT2D eigenvalue weighted by Gasteiger charge is -2.12. The van der Waals surface area contributed by atoms with E-state index in [9.17, 15) is 14.4 Å². The summed E-state index contributed by atoms with van der Waals surface area (Å²) in [6.07, 6.45) is 0.360. The Balaban J connectivity index is 2.22. The number of nitrogens with zero attached hydrogens (tertiary/aromatic N) is 1. The number of ether oxygens (including phenoxy) is 2. The molecule has 1 N–H and O–H groups in total. The number of hydrogen-bond donors (Lipinski definition) is 1. The van der Waals surface area contributed by atoms with Crippen LogP contribution in [0.25, 0.3) is 0 Å². The van der Waals surface area contributed by atoms with Crippen molar-refractivity contribution in [3.8, 4) is 0 Å². The minimum Gasteiger partial charge on any atom is -0.465 e. The van der Waals surface area contributed by atoms with Crippen LogP contribution in [0.2, 0.25) is 5.15 Å². The standard InChI is InChI=1S/C17H17ClN2O5/c1-8-12(17(23)24-4)9(2)20-13(8)14(21)10(3)25-16(22)11-6-5-7-19-15(11)18/h5-7,10,20H,1-4H3/t10-/m1/s1. The smallest absolute Gasteiger partial charge is 0.341 e. The highest BCUT2D eigenvalue weighted by molar-refractivity contribution is 6.32. The van der Waals surface area contributed by atoms with E-state index < -0.39 is 23.8 Å². The van der Waals surface area contributed by atoms with E-state index in [0.29, 0.717) is 16.8 Å². The number of aromatic nitrogens is 2. The second-order valence-corrected chi connectivity index (χ2v) is 5.73. The fraction of sp³-hybridized carbons (Fsp3) is 0.294. The summed E-state index contributed by atoms with van der Waals surface area (Å²) in [6.45, 7) is 4.72. The first-order valence-corrected chi connectivity index (χ1v) is 7.78. The van der Waals surface area contributed by atoms with E-state index >= 15 is 0 Å². The fourth-order valence-electron chi connectivity index (χ4n) is 2.42. The minimum atomic E-state index is -1.08. The summed E-state index contributed by atoms with van der Waals surface area (Å²) in [6, 6.07) is 2.99. The lowest BCUT2D eigenvalue weighted by molar-refractivity contribution is 0.0316. The van der Waals surface area contributed by atoms with Crippen molar-refractivity contribution in [2.45, 2.75) is 26.9 Å². The van der Waals surface area contributed by atoms with Crippen LogP contribution in [0.4, 0.5) is 0 Å². The van der Waals surface area contributed by atoms with Gasteiger partial charge in [0.1, 0.15) is 5.15 Å². The quantitative estimate of drug-likeness (QED) is 0.497. The van der Waals surface area contributed by atoms with Gasteiger partial charge >= 0.3 is 11.9 Å². The van der Waals surface area contributed by atoms with Gasteiger partial charge in [-0.15, -0.1) is 0 Å². The molecule has 8 heteroatoms. The van der Waals surface area contributed by atoms with Gasteiger partial charge in [-0.05, 0) is 38.5 Å². The summed E-state index contributed by atoms with van der Waals surface area (Å²) in [7, 11) is 1.26. The summed E-state index contributed by atoms with van der Waals surface area (Å²) in [4.78, 5) is 43.2. The Morgan fingerprint density at radius 3 is 2.52 bits per heavy atom. The van der Waals surface area contributed by atoms with E-state index in [2.05, 4.69) is 9.97 Å². The van der Waals surface area contributed by atoms with Gasteiger partial charge in [-0.25, -0.2) is 14.6 Å². The molecule has 0 amide bonds. The predicted molar refractivity (Wildman–Crippen MR) is 90.1 cm³/mol. The zero-order valence-corrected chi connectivity index (χ0v) is 14.9. The molecule has 25 heavy (non-hydrogen) atoms. The number of halogens is 1. The third-order valence-electron chi connectivity index (χ3n) is 3.71. The molecule has 0 aromatic carbocycles. The number of aryl methyl sites for hydroxylation is 1. The number of methoxy groups -OCH3 is 1. The molecule has 0 unspecified atom stereocenters. The van der Waals surface area contributed by atoms with Crippen LogP contribution in [-0.2, 0) is 9.47 Å². The number of nitrogens with one attached hydrogen (secondary N) is 1. The first kappa shape index (κ1) is 18.7. The van der Waals surface area contributed by atoms with Crippen molar-refractivity contribution >= 4 is 29.3 Å². The van der Waals surface area contributed by atoms with E-state index in [1.54, 1.807) is 13.8 Å². The second kappa shape index (κ2) is 7.48. The number of hydrogen-bond acceptors (Lipinski definition) is 6. The minimum absolute atomic E-state index is 0.00738. The number of aromatic amines is 1. The van der Waals surface area contributed by atoms with Gasteiger partial charge in [0.25, 0.3) is 0 Å². The second-order valence-electron chi connectivity index (χ2n) is 5.37. The van der Waals surface area contributed by atoms with Crippen molar-refractivity contribution in [3.05, 3.63) is 51.6 Å². The van der Waals surface area contributed by atoms with Gasteiger partial charge in [-0.3, -0.25) is 4.79 Å². The highest BCUT2D eigenvalue weighted by Crippen LogP contribution is 2.21. The van der Waals surface area contributed by atoms with Crippen LogP contribution in [0.5, 0.6) is 0 Å². The van der Waals surface area contributed by atoms with Crippen LogP contribution in [0.15, 0.2) is 18.3 Å². The summed E-state index contributed by atoms with van der Waals surface area (Å²) in [5, 5.41) is -0.00738. The average molecular weight is 365 g/mol. The number of Topliss-reactive ketones (excluding diaryl/α,β-unsaturated/α-hetero) is 1. The van der Waals surface area contributed by atoms with E-state index in [1.165, 1.54) is 32.4 Å². The van der Waals surface area contributed by atoms with Gasteiger partial charge in [0.05, 0.1) is 23.9 Å². The predicted octanol–water partition coefficient (Wildman–Crippen LogP) is 2.89. The number of esters is 2. The van der Waals surface area contributed by atoms with Crippen molar-refractivity contribution in [2.75, 3.05) is 7.11 Å². The molecule has 0 aliphatic rings. The molecule has 0 saturated heterocycles. The van der Waals surface area contributed by atoms with E-state index in [1.807, 2.05) is 0 Å². The topological polar surface area (TPSA) is 98.4 Å². The molecule has 0 aliphatic heterocycles. The molecular formula is C17H17ClN2O5. The summed E-state index contributed by atoms with van der Waals surface area (Å²) >= 11 is 5.84. The Bertz CT molecular complexity index is 844. The summed E-state index contributed by atoms with van der Waals surface area (Å²) in [5.74, 6) is -1.77. The third kappa shape index (κ3) is 3.71. The van der Waals surface area contributed by atoms with Crippen LogP contribution in [0, 0.1) is 13.8 Å². The molecule has 0 spiro atoms. The Kier molecular flexibility index (Phi) is 5.58. The molecule has 1 atom stereocenters. The molecule has 0 fully saturated rings. The number of carbonyl (C=O) groups excluding carboxylic acids is 3. The Morgan fingerprint density at radius 2 is 1.92 bits per heavy atom. The fourth-order valence-corrected chi connectivity index (χ4v) is 2.62. The van der Waals surface area contributed by atoms with E-state index in [0.717, 1.165) is 0 Å². The van der Waals surface area contributed by atoms with Gasteiger partial charge < -0.3 is 14.5 Å². The zero-order valence-electron chi connectivity index (χ0n) is 14.2. The Hall–Kier alpha value is -2.67. The van der Waals surface area contributed by atoms with Crippen molar-refractivity contribution in [3.63, 3.8) is 0 Å². The Labute approximate surface area is 149 Å². The lowest BCUT2D eigenvalue weighted by atomic mass is 10.1. The van der Waals surface area contributed by atoms with Crippen molar-refractivity contribution in [1.82, 2.24) is 9.97 Å². The van der Waals surface area contributed by atoms with Crippen LogP contribution < -0.4 is 0 Å². The van der Waals surface area contributed by atoms with Gasteiger partial charge in [-0.1, -0.05) is 11.6 Å². The van der Waals surface area contributed by atoms with Crippen molar-refractivity contribution in [2.24, 2.45) is 0 Å². The SMILES string of the molecule is COC(=O)c1c(C)[nH]c(C(=O)[C@@H](C)OC(=O)c2cccnc2Cl)c1C.